The number of likely N-dealkylation sites (tertiary alicyclic amines) is 1. The minimum absolute atomic E-state index is 0.132. The van der Waals surface area contributed by atoms with Gasteiger partial charge >= 0.3 is 6.18 Å². The van der Waals surface area contributed by atoms with E-state index in [1.54, 1.807) is 6.07 Å². The molecule has 0 spiro atoms. The number of hydrogen-bond donors (Lipinski definition) is 1. The molecule has 3 aromatic heterocycles. The molecule has 5 heterocycles. The molecule has 1 aromatic carbocycles. The molecule has 0 aliphatic carbocycles. The van der Waals surface area contributed by atoms with Gasteiger partial charge in [-0.05, 0) is 62.4 Å². The summed E-state index contributed by atoms with van der Waals surface area (Å²) in [4.78, 5) is 14.9. The van der Waals surface area contributed by atoms with Crippen LogP contribution in [0.2, 0.25) is 0 Å². The van der Waals surface area contributed by atoms with E-state index in [1.165, 1.54) is 16.1 Å². The summed E-state index contributed by atoms with van der Waals surface area (Å²) >= 11 is 1.10. The number of nitriles is 1. The molecule has 270 valence electrons. The molecule has 0 saturated carbocycles. The summed E-state index contributed by atoms with van der Waals surface area (Å²) in [6.07, 6.45) is -0.713. The van der Waals surface area contributed by atoms with Crippen LogP contribution in [-0.4, -0.2) is 101 Å². The fourth-order valence-corrected chi connectivity index (χ4v) is 9.16. The molecule has 2 aliphatic heterocycles. The van der Waals surface area contributed by atoms with Gasteiger partial charge in [-0.25, -0.2) is 18.4 Å². The molecular weight excluding hydrogens is 686 g/mol. The van der Waals surface area contributed by atoms with E-state index in [9.17, 15) is 26.9 Å². The van der Waals surface area contributed by atoms with Crippen LogP contribution >= 0.6 is 11.3 Å². The number of nitrogens with one attached hydrogen (secondary N) is 1. The molecule has 0 unspecified atom stereocenters. The number of thiophene rings is 1. The van der Waals surface area contributed by atoms with Gasteiger partial charge in [-0.1, -0.05) is 13.0 Å². The van der Waals surface area contributed by atoms with E-state index in [-0.39, 0.29) is 17.0 Å². The lowest BCUT2D eigenvalue weighted by molar-refractivity contribution is -0.126. The lowest BCUT2D eigenvalue weighted by Gasteiger charge is -2.37. The van der Waals surface area contributed by atoms with E-state index < -0.39 is 22.6 Å². The quantitative estimate of drug-likeness (QED) is 0.203. The number of sulfonamides is 1. The Bertz CT molecular complexity index is 1990. The Kier molecular flexibility index (Phi) is 10.8. The first-order valence-electron chi connectivity index (χ1n) is 17.3. The fourth-order valence-electron chi connectivity index (χ4n) is 7.25. The molecule has 15 heteroatoms. The zero-order valence-electron chi connectivity index (χ0n) is 29.1. The number of nitrogens with zero attached hydrogens (tertiary/aromatic N) is 7. The number of benzene rings is 1. The van der Waals surface area contributed by atoms with Gasteiger partial charge in [0.25, 0.3) is 0 Å². The van der Waals surface area contributed by atoms with Crippen LogP contribution in [0.25, 0.3) is 21.1 Å². The maximum absolute atomic E-state index is 13.1. The molecule has 10 nitrogen and oxygen atoms in total. The summed E-state index contributed by atoms with van der Waals surface area (Å²) in [5.74, 6) is 1.28. The number of aryl methyl sites for hydroxylation is 2. The van der Waals surface area contributed by atoms with Gasteiger partial charge in [-0.15, -0.1) is 11.3 Å². The number of aromatic nitrogens is 3. The second kappa shape index (κ2) is 14.7. The molecule has 2 aliphatic rings. The van der Waals surface area contributed by atoms with Gasteiger partial charge < -0.3 is 9.88 Å². The van der Waals surface area contributed by atoms with Crippen molar-refractivity contribution in [2.24, 2.45) is 0 Å². The third-order valence-corrected chi connectivity index (χ3v) is 12.4. The van der Waals surface area contributed by atoms with Gasteiger partial charge in [-0.3, -0.25) is 9.80 Å². The number of hydrogen-bond acceptors (Lipinski definition) is 9. The predicted molar refractivity (Wildman–Crippen MR) is 192 cm³/mol. The largest absolute Gasteiger partial charge is 0.393 e. The van der Waals surface area contributed by atoms with Crippen molar-refractivity contribution in [3.05, 3.63) is 51.8 Å². The van der Waals surface area contributed by atoms with Gasteiger partial charge in [0.2, 0.25) is 10.0 Å². The van der Waals surface area contributed by atoms with E-state index in [0.717, 1.165) is 66.7 Å². The van der Waals surface area contributed by atoms with Gasteiger partial charge in [-0.2, -0.15) is 22.7 Å². The molecule has 0 bridgehead atoms. The maximum atomic E-state index is 13.1. The van der Waals surface area contributed by atoms with Crippen LogP contribution in [0.5, 0.6) is 0 Å². The van der Waals surface area contributed by atoms with Crippen molar-refractivity contribution in [2.45, 2.75) is 84.2 Å². The van der Waals surface area contributed by atoms with Gasteiger partial charge in [0.05, 0.1) is 18.1 Å². The lowest BCUT2D eigenvalue weighted by atomic mass is 10.0. The molecule has 4 aromatic rings. The average molecular weight is 731 g/mol. The van der Waals surface area contributed by atoms with Crippen molar-refractivity contribution < 1.29 is 21.6 Å². The Labute approximate surface area is 295 Å². The van der Waals surface area contributed by atoms with Crippen molar-refractivity contribution in [2.75, 3.05) is 50.8 Å². The van der Waals surface area contributed by atoms with E-state index in [1.807, 2.05) is 13.0 Å². The second-order valence-corrected chi connectivity index (χ2v) is 16.8. The Balaban J connectivity index is 1.10. The first-order valence-corrected chi connectivity index (χ1v) is 19.9. The minimum atomic E-state index is -4.27. The van der Waals surface area contributed by atoms with Crippen LogP contribution in [0.4, 0.5) is 19.0 Å². The number of halogens is 3. The first kappa shape index (κ1) is 36.5. The Morgan fingerprint density at radius 2 is 1.80 bits per heavy atom. The number of fused-ring (bicyclic) bond motifs is 2. The fraction of sp³-hybridized carbons (Fsp3) is 0.571. The standard InChI is InChI=1S/C35H45F3N8O2S2/c1-5-6-32-41-33(30-18-28(19-35(36,37)38)49-34(30)42-32)40-26-9-11-43(12-10-26)22-25-7-8-31-29(24(25)3)17-27(20-39)46(31)21-23(2)44-13-15-45(16-14-44)50(4,47)48/h7-8,17-18,23,26H,5-6,9-16,19,21-22H2,1-4H3,(H,40,41,42)/t23-/m0/s1. The van der Waals surface area contributed by atoms with Crippen molar-refractivity contribution in [1.29, 1.82) is 5.26 Å². The summed E-state index contributed by atoms with van der Waals surface area (Å²) < 4.78 is 66.9. The lowest BCUT2D eigenvalue weighted by Crippen LogP contribution is -2.51. The van der Waals surface area contributed by atoms with E-state index >= 15 is 0 Å². The molecule has 50 heavy (non-hydrogen) atoms. The first-order chi connectivity index (χ1) is 23.7. The molecule has 2 saturated heterocycles. The van der Waals surface area contributed by atoms with Gasteiger partial charge in [0.15, 0.2) is 0 Å². The summed E-state index contributed by atoms with van der Waals surface area (Å²) in [7, 11) is -3.20. The van der Waals surface area contributed by atoms with Crippen molar-refractivity contribution >= 4 is 48.3 Å². The summed E-state index contributed by atoms with van der Waals surface area (Å²) in [6.45, 7) is 11.7. The average Bonchev–Trinajstić information content (AvgIpc) is 3.63. The maximum Gasteiger partial charge on any atom is 0.393 e. The second-order valence-electron chi connectivity index (χ2n) is 13.7. The topological polar surface area (TPSA) is 110 Å². The number of piperazine rings is 1. The van der Waals surface area contributed by atoms with Gasteiger partial charge in [0, 0.05) is 86.6 Å². The zero-order chi connectivity index (χ0) is 35.8. The highest BCUT2D eigenvalue weighted by atomic mass is 32.2. The Morgan fingerprint density at radius 3 is 2.44 bits per heavy atom. The molecule has 2 fully saturated rings. The minimum Gasteiger partial charge on any atom is -0.367 e. The molecular formula is C35H45F3N8O2S2. The number of anilines is 1. The summed E-state index contributed by atoms with van der Waals surface area (Å²) in [6, 6.07) is 10.5. The van der Waals surface area contributed by atoms with Crippen LogP contribution < -0.4 is 5.32 Å². The van der Waals surface area contributed by atoms with E-state index in [0.29, 0.717) is 66.7 Å². The highest BCUT2D eigenvalue weighted by molar-refractivity contribution is 7.88. The summed E-state index contributed by atoms with van der Waals surface area (Å²) in [5.41, 5.74) is 4.02. The predicted octanol–water partition coefficient (Wildman–Crippen LogP) is 5.93. The number of alkyl halides is 3. The normalized spacial score (nSPS) is 18.2. The van der Waals surface area contributed by atoms with Crippen molar-refractivity contribution in [3.63, 3.8) is 0 Å². The number of rotatable bonds is 11. The van der Waals surface area contributed by atoms with Crippen LogP contribution in [-0.2, 0) is 36.0 Å². The van der Waals surface area contributed by atoms with Crippen LogP contribution in [0.3, 0.4) is 0 Å². The molecule has 1 N–H and O–H groups in total. The molecule has 0 amide bonds. The highest BCUT2D eigenvalue weighted by Crippen LogP contribution is 2.34. The highest BCUT2D eigenvalue weighted by Gasteiger charge is 2.30. The third kappa shape index (κ3) is 8.26. The smallest absolute Gasteiger partial charge is 0.367 e. The molecule has 0 radical (unpaired) electrons. The van der Waals surface area contributed by atoms with Crippen LogP contribution in [0.1, 0.15) is 60.6 Å². The third-order valence-electron chi connectivity index (χ3n) is 10.1. The Morgan fingerprint density at radius 1 is 1.08 bits per heavy atom. The Hall–Kier alpha value is -3.29. The zero-order valence-corrected chi connectivity index (χ0v) is 30.7. The van der Waals surface area contributed by atoms with Crippen LogP contribution in [0.15, 0.2) is 24.3 Å². The van der Waals surface area contributed by atoms with Crippen molar-refractivity contribution in [1.82, 2.24) is 28.6 Å². The van der Waals surface area contributed by atoms with E-state index in [2.05, 4.69) is 56.7 Å². The monoisotopic (exact) mass is 730 g/mol. The van der Waals surface area contributed by atoms with Gasteiger partial charge in [0.1, 0.15) is 28.2 Å². The van der Waals surface area contributed by atoms with Crippen LogP contribution in [0, 0.1) is 18.3 Å². The van der Waals surface area contributed by atoms with Crippen molar-refractivity contribution in [3.8, 4) is 6.07 Å². The molecule has 6 rings (SSSR count). The van der Waals surface area contributed by atoms with E-state index in [4.69, 9.17) is 4.98 Å². The summed E-state index contributed by atoms with van der Waals surface area (Å²) in [5, 5.41) is 15.3. The SMILES string of the molecule is CCCc1nc(NC2CCN(Cc3ccc4c(cc(C#N)n4C[C@H](C)N4CCN(S(C)(=O)=O)CC4)c3C)CC2)c2cc(CC(F)(F)F)sc2n1. The number of piperidine rings is 1. The molecule has 1 atom stereocenters.